The van der Waals surface area contributed by atoms with Crippen LogP contribution in [0.4, 0.5) is 0 Å². The molecule has 0 amide bonds. The van der Waals surface area contributed by atoms with Crippen LogP contribution in [-0.2, 0) is 28.4 Å². The molecule has 148 valence electrons. The molecule has 0 aromatic rings. The van der Waals surface area contributed by atoms with Crippen molar-refractivity contribution in [1.29, 1.82) is 5.41 Å². The molecule has 1 N–H and O–H groups in total. The second-order valence-corrected chi connectivity index (χ2v) is 9.58. The van der Waals surface area contributed by atoms with Crippen molar-refractivity contribution in [3.05, 3.63) is 12.6 Å². The van der Waals surface area contributed by atoms with E-state index in [2.05, 4.69) is 0 Å². The maximum Gasteiger partial charge on any atom is 0.265 e. The van der Waals surface area contributed by atoms with Gasteiger partial charge in [0, 0.05) is 0 Å². The highest BCUT2D eigenvalue weighted by Crippen LogP contribution is 2.49. The Balaban J connectivity index is 2.00. The van der Waals surface area contributed by atoms with Crippen molar-refractivity contribution in [2.45, 2.75) is 73.3 Å². The number of ether oxygens (including phenoxy) is 6. The van der Waals surface area contributed by atoms with Crippen LogP contribution in [0.2, 0.25) is 0 Å². The van der Waals surface area contributed by atoms with E-state index >= 15 is 0 Å². The van der Waals surface area contributed by atoms with E-state index in [0.29, 0.717) is 0 Å². The van der Waals surface area contributed by atoms with Crippen LogP contribution in [-0.4, -0.2) is 58.1 Å². The van der Waals surface area contributed by atoms with E-state index in [-0.39, 0.29) is 6.61 Å². The second kappa shape index (κ2) is 6.46. The molecule has 3 rings (SSSR count). The third-order valence-corrected chi connectivity index (χ3v) is 4.91. The zero-order chi connectivity index (χ0) is 20.3. The van der Waals surface area contributed by atoms with Crippen LogP contribution >= 0.6 is 34.8 Å². The van der Waals surface area contributed by atoms with Gasteiger partial charge in [0.15, 0.2) is 29.6 Å². The van der Waals surface area contributed by atoms with Gasteiger partial charge >= 0.3 is 0 Å². The Kier molecular flexibility index (Phi) is 4.77. The van der Waals surface area contributed by atoms with Gasteiger partial charge in [0.05, 0.1) is 7.98 Å². The third kappa shape index (κ3) is 3.61. The molecular weight excluding hydrogens is 409 g/mol. The summed E-state index contributed by atoms with van der Waals surface area (Å²) in [5.74, 6) is -2.42. The summed E-state index contributed by atoms with van der Waals surface area (Å²) in [7, 11) is 0. The van der Waals surface area contributed by atoms with E-state index in [9.17, 15) is 0 Å². The topological polar surface area (TPSA) is 79.2 Å². The summed E-state index contributed by atoms with van der Waals surface area (Å²) in [6, 6.07) is 0. The van der Waals surface area contributed by atoms with Gasteiger partial charge in [-0.05, 0) is 33.8 Å². The van der Waals surface area contributed by atoms with Crippen molar-refractivity contribution < 1.29 is 29.8 Å². The summed E-state index contributed by atoms with van der Waals surface area (Å²) >= 11 is 17.5. The number of nitrogens with one attached hydrogen (secondary N) is 1. The Morgan fingerprint density at radius 3 is 2.42 bits per heavy atom. The van der Waals surface area contributed by atoms with Crippen LogP contribution < -0.4 is 0 Å². The highest BCUT2D eigenvalue weighted by atomic mass is 35.6. The molecule has 0 aliphatic carbocycles. The first-order chi connectivity index (χ1) is 12.3. The van der Waals surface area contributed by atoms with Gasteiger partial charge in [-0.2, -0.15) is 0 Å². The average Bonchev–Trinajstić information content (AvgIpc) is 3.09. The maximum atomic E-state index is 8.06. The van der Waals surface area contributed by atoms with Gasteiger partial charge in [0.1, 0.15) is 12.2 Å². The summed E-state index contributed by atoms with van der Waals surface area (Å²) in [5, 5.41) is 8.06. The first-order valence-corrected chi connectivity index (χ1v) is 9.17. The standard InChI is InChI=1S/C16H22Cl3NO6/c1-6-15(26-12(20)16(17,18)19)9(8-7-21-13(2,3)23-8)22-11-10(15)24-14(4,5)25-11/h6,8-11,20H,1,7H2,2-5H3/t8-,9-,10+,11-,15+/m1/s1/i1D. The summed E-state index contributed by atoms with van der Waals surface area (Å²) in [6.07, 6.45) is -1.66. The molecule has 0 aromatic heterocycles. The molecule has 0 radical (unpaired) electrons. The molecule has 3 saturated heterocycles. The number of halogens is 3. The van der Waals surface area contributed by atoms with Gasteiger partial charge in [0.2, 0.25) is 5.90 Å². The normalized spacial score (nSPS) is 42.0. The summed E-state index contributed by atoms with van der Waals surface area (Å²) in [4.78, 5) is 0. The van der Waals surface area contributed by atoms with Gasteiger partial charge in [-0.1, -0.05) is 41.4 Å². The Morgan fingerprint density at radius 2 is 1.88 bits per heavy atom. The Bertz CT molecular complexity index is 640. The second-order valence-electron chi connectivity index (χ2n) is 7.30. The molecule has 26 heavy (non-hydrogen) atoms. The SMILES string of the molecule is [2H]C=C[C@]1(OC(=N)C(Cl)(Cl)Cl)[C@@H]([C@H]2COC(C)(C)O2)O[C@@H]2OC(C)(C)O[C@@H]21. The zero-order valence-corrected chi connectivity index (χ0v) is 17.0. The van der Waals surface area contributed by atoms with E-state index in [1.165, 1.54) is 6.08 Å². The smallest absolute Gasteiger partial charge is 0.265 e. The van der Waals surface area contributed by atoms with E-state index in [0.717, 1.165) is 6.55 Å². The van der Waals surface area contributed by atoms with Crippen molar-refractivity contribution >= 4 is 40.7 Å². The lowest BCUT2D eigenvalue weighted by atomic mass is 9.89. The predicted molar refractivity (Wildman–Crippen MR) is 95.6 cm³/mol. The predicted octanol–water partition coefficient (Wildman–Crippen LogP) is 3.30. The molecule has 5 atom stereocenters. The third-order valence-electron chi connectivity index (χ3n) is 4.39. The molecule has 3 heterocycles. The number of hydrogen-bond acceptors (Lipinski definition) is 7. The molecule has 3 aliphatic heterocycles. The van der Waals surface area contributed by atoms with Crippen LogP contribution in [0.5, 0.6) is 0 Å². The minimum Gasteiger partial charge on any atom is -0.461 e. The summed E-state index contributed by atoms with van der Waals surface area (Å²) in [6.45, 7) is 8.20. The molecule has 3 fully saturated rings. The molecule has 0 bridgehead atoms. The quantitative estimate of drug-likeness (QED) is 0.320. The molecule has 0 spiro atoms. The fourth-order valence-electron chi connectivity index (χ4n) is 3.36. The van der Waals surface area contributed by atoms with Crippen molar-refractivity contribution in [2.75, 3.05) is 6.61 Å². The van der Waals surface area contributed by atoms with Crippen LogP contribution in [0, 0.1) is 5.41 Å². The Hall–Kier alpha value is -0.120. The van der Waals surface area contributed by atoms with Crippen molar-refractivity contribution in [1.82, 2.24) is 0 Å². The average molecular weight is 432 g/mol. The highest BCUT2D eigenvalue weighted by molar-refractivity contribution is 6.76. The first kappa shape index (κ1) is 19.2. The van der Waals surface area contributed by atoms with Gasteiger partial charge in [-0.15, -0.1) is 0 Å². The number of alkyl halides is 3. The minimum atomic E-state index is -2.10. The molecular formula is C16H22Cl3NO6. The minimum absolute atomic E-state index is 0.207. The fourth-order valence-corrected chi connectivity index (χ4v) is 3.48. The van der Waals surface area contributed by atoms with Crippen LogP contribution in [0.3, 0.4) is 0 Å². The molecule has 10 heteroatoms. The highest BCUT2D eigenvalue weighted by Gasteiger charge is 2.68. The van der Waals surface area contributed by atoms with E-state index < -0.39 is 51.5 Å². The maximum absolute atomic E-state index is 8.06. The summed E-state index contributed by atoms with van der Waals surface area (Å²) in [5.41, 5.74) is -1.49. The van der Waals surface area contributed by atoms with E-state index in [1.807, 2.05) is 0 Å². The van der Waals surface area contributed by atoms with Crippen molar-refractivity contribution in [3.8, 4) is 0 Å². The Morgan fingerprint density at radius 1 is 1.19 bits per heavy atom. The van der Waals surface area contributed by atoms with Crippen LogP contribution in [0.25, 0.3) is 0 Å². The Labute approximate surface area is 168 Å². The van der Waals surface area contributed by atoms with Crippen molar-refractivity contribution in [3.63, 3.8) is 0 Å². The van der Waals surface area contributed by atoms with Crippen LogP contribution in [0.15, 0.2) is 12.6 Å². The fraction of sp³-hybridized carbons (Fsp3) is 0.812. The largest absolute Gasteiger partial charge is 0.461 e. The lowest BCUT2D eigenvalue weighted by molar-refractivity contribution is -0.239. The van der Waals surface area contributed by atoms with Crippen molar-refractivity contribution in [2.24, 2.45) is 0 Å². The molecule has 3 aliphatic rings. The number of rotatable bonds is 3. The van der Waals surface area contributed by atoms with Gasteiger partial charge < -0.3 is 28.4 Å². The molecule has 0 aromatic carbocycles. The molecule has 7 nitrogen and oxygen atoms in total. The van der Waals surface area contributed by atoms with Gasteiger partial charge in [-0.25, -0.2) is 0 Å². The lowest BCUT2D eigenvalue weighted by Gasteiger charge is -2.38. The first-order valence-electron chi connectivity index (χ1n) is 8.61. The number of hydrogen-bond donors (Lipinski definition) is 1. The van der Waals surface area contributed by atoms with Gasteiger partial charge in [-0.3, -0.25) is 5.41 Å². The molecule has 0 unspecified atom stereocenters. The van der Waals surface area contributed by atoms with E-state index in [4.69, 9.17) is 70.0 Å². The monoisotopic (exact) mass is 430 g/mol. The van der Waals surface area contributed by atoms with E-state index in [1.54, 1.807) is 27.7 Å². The summed E-state index contributed by atoms with van der Waals surface area (Å²) < 4.78 is 40.7. The lowest BCUT2D eigenvalue weighted by Crippen LogP contribution is -2.56. The van der Waals surface area contributed by atoms with Gasteiger partial charge in [0.25, 0.3) is 3.79 Å². The van der Waals surface area contributed by atoms with Crippen LogP contribution in [0.1, 0.15) is 29.1 Å². The zero-order valence-electron chi connectivity index (χ0n) is 15.8. The number of fused-ring (bicyclic) bond motifs is 1. The molecule has 0 saturated carbocycles.